The first-order valence-corrected chi connectivity index (χ1v) is 7.02. The molecule has 2 aromatic heterocycles. The summed E-state index contributed by atoms with van der Waals surface area (Å²) < 4.78 is 1.96. The number of imidazole rings is 1. The lowest BCUT2D eigenvalue weighted by molar-refractivity contribution is 0.872. The SMILES string of the molecule is CNc1cn2ccnc2c(NC(C)c2ccc(C)cc2)n1. The van der Waals surface area contributed by atoms with E-state index >= 15 is 0 Å². The fourth-order valence-corrected chi connectivity index (χ4v) is 2.29. The van der Waals surface area contributed by atoms with Gasteiger partial charge in [0.05, 0.1) is 12.2 Å². The molecule has 0 saturated carbocycles. The number of aromatic nitrogens is 3. The Hall–Kier alpha value is -2.56. The summed E-state index contributed by atoms with van der Waals surface area (Å²) in [6, 6.07) is 8.67. The van der Waals surface area contributed by atoms with Crippen molar-refractivity contribution in [1.82, 2.24) is 14.4 Å². The van der Waals surface area contributed by atoms with Crippen molar-refractivity contribution >= 4 is 17.3 Å². The molecule has 108 valence electrons. The highest BCUT2D eigenvalue weighted by molar-refractivity contribution is 5.66. The molecule has 0 spiro atoms. The zero-order valence-corrected chi connectivity index (χ0v) is 12.5. The Balaban J connectivity index is 1.93. The van der Waals surface area contributed by atoms with E-state index in [0.29, 0.717) is 0 Å². The van der Waals surface area contributed by atoms with Crippen LogP contribution in [0.25, 0.3) is 5.65 Å². The van der Waals surface area contributed by atoms with E-state index in [4.69, 9.17) is 0 Å². The molecule has 1 atom stereocenters. The van der Waals surface area contributed by atoms with E-state index in [1.807, 2.05) is 23.8 Å². The molecule has 2 heterocycles. The van der Waals surface area contributed by atoms with Crippen LogP contribution in [0, 0.1) is 6.92 Å². The van der Waals surface area contributed by atoms with E-state index in [1.54, 1.807) is 6.20 Å². The third kappa shape index (κ3) is 2.67. The second-order valence-electron chi connectivity index (χ2n) is 5.16. The minimum absolute atomic E-state index is 0.158. The number of benzene rings is 1. The van der Waals surface area contributed by atoms with E-state index in [2.05, 4.69) is 58.7 Å². The van der Waals surface area contributed by atoms with Gasteiger partial charge in [0.1, 0.15) is 5.82 Å². The first-order chi connectivity index (χ1) is 10.2. The van der Waals surface area contributed by atoms with Gasteiger partial charge in [-0.3, -0.25) is 0 Å². The quantitative estimate of drug-likeness (QED) is 0.770. The summed E-state index contributed by atoms with van der Waals surface area (Å²) in [5, 5.41) is 6.52. The molecule has 0 saturated heterocycles. The zero-order chi connectivity index (χ0) is 14.8. The van der Waals surface area contributed by atoms with Crippen LogP contribution in [0.4, 0.5) is 11.6 Å². The third-order valence-electron chi connectivity index (χ3n) is 3.56. The number of anilines is 2. The second kappa shape index (κ2) is 5.44. The fourth-order valence-electron chi connectivity index (χ4n) is 2.29. The van der Waals surface area contributed by atoms with Crippen molar-refractivity contribution in [1.29, 1.82) is 0 Å². The highest BCUT2D eigenvalue weighted by atomic mass is 15.1. The van der Waals surface area contributed by atoms with Crippen LogP contribution in [0.5, 0.6) is 0 Å². The van der Waals surface area contributed by atoms with Crippen molar-refractivity contribution in [3.63, 3.8) is 0 Å². The smallest absolute Gasteiger partial charge is 0.180 e. The molecule has 0 aliphatic heterocycles. The van der Waals surface area contributed by atoms with Crippen molar-refractivity contribution in [3.8, 4) is 0 Å². The molecule has 1 aromatic carbocycles. The molecule has 0 bridgehead atoms. The van der Waals surface area contributed by atoms with Gasteiger partial charge in [-0.1, -0.05) is 29.8 Å². The van der Waals surface area contributed by atoms with Gasteiger partial charge in [0.15, 0.2) is 11.5 Å². The maximum Gasteiger partial charge on any atom is 0.180 e. The Labute approximate surface area is 124 Å². The van der Waals surface area contributed by atoms with E-state index in [1.165, 1.54) is 11.1 Å². The maximum absolute atomic E-state index is 4.57. The van der Waals surface area contributed by atoms with E-state index in [-0.39, 0.29) is 6.04 Å². The van der Waals surface area contributed by atoms with Gasteiger partial charge in [-0.05, 0) is 19.4 Å². The first kappa shape index (κ1) is 13.4. The minimum atomic E-state index is 0.158. The Morgan fingerprint density at radius 2 is 1.95 bits per heavy atom. The highest BCUT2D eigenvalue weighted by Gasteiger charge is 2.11. The number of rotatable bonds is 4. The molecule has 0 amide bonds. The molecule has 3 rings (SSSR count). The van der Waals surface area contributed by atoms with Gasteiger partial charge in [-0.25, -0.2) is 9.97 Å². The van der Waals surface area contributed by atoms with Gasteiger partial charge in [-0.2, -0.15) is 0 Å². The molecule has 1 unspecified atom stereocenters. The van der Waals surface area contributed by atoms with Crippen molar-refractivity contribution in [2.75, 3.05) is 17.7 Å². The Morgan fingerprint density at radius 1 is 1.19 bits per heavy atom. The van der Waals surface area contributed by atoms with E-state index in [0.717, 1.165) is 17.3 Å². The van der Waals surface area contributed by atoms with Crippen molar-refractivity contribution in [2.45, 2.75) is 19.9 Å². The largest absolute Gasteiger partial charge is 0.372 e. The van der Waals surface area contributed by atoms with Crippen LogP contribution in [0.2, 0.25) is 0 Å². The molecule has 0 fully saturated rings. The molecule has 2 N–H and O–H groups in total. The average molecular weight is 281 g/mol. The summed E-state index contributed by atoms with van der Waals surface area (Å²) in [4.78, 5) is 8.93. The van der Waals surface area contributed by atoms with Gasteiger partial charge in [0.25, 0.3) is 0 Å². The van der Waals surface area contributed by atoms with Crippen LogP contribution >= 0.6 is 0 Å². The number of nitrogens with zero attached hydrogens (tertiary/aromatic N) is 3. The number of nitrogens with one attached hydrogen (secondary N) is 2. The van der Waals surface area contributed by atoms with Crippen molar-refractivity contribution in [2.24, 2.45) is 0 Å². The highest BCUT2D eigenvalue weighted by Crippen LogP contribution is 2.22. The molecule has 21 heavy (non-hydrogen) atoms. The van der Waals surface area contributed by atoms with Crippen molar-refractivity contribution in [3.05, 3.63) is 54.0 Å². The summed E-state index contributed by atoms with van der Waals surface area (Å²) in [5.41, 5.74) is 3.31. The van der Waals surface area contributed by atoms with Crippen LogP contribution in [0.1, 0.15) is 24.1 Å². The topological polar surface area (TPSA) is 54.2 Å². The molecule has 0 radical (unpaired) electrons. The average Bonchev–Trinajstić information content (AvgIpc) is 2.96. The van der Waals surface area contributed by atoms with Crippen LogP contribution in [-0.4, -0.2) is 21.4 Å². The molecule has 5 heteroatoms. The maximum atomic E-state index is 4.57. The molecular formula is C16H19N5. The fraction of sp³-hybridized carbons (Fsp3) is 0.250. The van der Waals surface area contributed by atoms with E-state index in [9.17, 15) is 0 Å². The molecular weight excluding hydrogens is 262 g/mol. The summed E-state index contributed by atoms with van der Waals surface area (Å²) in [6.45, 7) is 4.21. The van der Waals surface area contributed by atoms with Gasteiger partial charge >= 0.3 is 0 Å². The number of hydrogen-bond acceptors (Lipinski definition) is 4. The molecule has 0 aliphatic carbocycles. The predicted molar refractivity (Wildman–Crippen MR) is 85.8 cm³/mol. The lowest BCUT2D eigenvalue weighted by Crippen LogP contribution is -2.10. The number of hydrogen-bond donors (Lipinski definition) is 2. The lowest BCUT2D eigenvalue weighted by Gasteiger charge is -2.16. The van der Waals surface area contributed by atoms with Gasteiger partial charge < -0.3 is 15.0 Å². The van der Waals surface area contributed by atoms with Crippen LogP contribution in [-0.2, 0) is 0 Å². The number of aryl methyl sites for hydroxylation is 1. The Kier molecular flexibility index (Phi) is 3.48. The second-order valence-corrected chi connectivity index (χ2v) is 5.16. The Bertz CT molecular complexity index is 745. The van der Waals surface area contributed by atoms with Gasteiger partial charge in [-0.15, -0.1) is 0 Å². The summed E-state index contributed by atoms with van der Waals surface area (Å²) >= 11 is 0. The standard InChI is InChI=1S/C16H19N5/c1-11-4-6-13(7-5-11)12(2)19-15-16-18-8-9-21(16)10-14(17-3)20-15/h4-10,12,17H,1-3H3,(H,19,20). The van der Waals surface area contributed by atoms with Gasteiger partial charge in [0.2, 0.25) is 0 Å². The van der Waals surface area contributed by atoms with Crippen LogP contribution in [0.3, 0.4) is 0 Å². The minimum Gasteiger partial charge on any atom is -0.372 e. The summed E-state index contributed by atoms with van der Waals surface area (Å²) in [5.74, 6) is 1.58. The summed E-state index contributed by atoms with van der Waals surface area (Å²) in [7, 11) is 1.86. The number of fused-ring (bicyclic) bond motifs is 1. The lowest BCUT2D eigenvalue weighted by atomic mass is 10.1. The predicted octanol–water partition coefficient (Wildman–Crippen LogP) is 3.25. The zero-order valence-electron chi connectivity index (χ0n) is 12.5. The molecule has 5 nitrogen and oxygen atoms in total. The van der Waals surface area contributed by atoms with Crippen molar-refractivity contribution < 1.29 is 0 Å². The molecule has 0 aliphatic rings. The monoisotopic (exact) mass is 281 g/mol. The van der Waals surface area contributed by atoms with Gasteiger partial charge in [0, 0.05) is 19.4 Å². The normalized spacial score (nSPS) is 12.3. The van der Waals surface area contributed by atoms with Crippen LogP contribution in [0.15, 0.2) is 42.9 Å². The first-order valence-electron chi connectivity index (χ1n) is 7.02. The third-order valence-corrected chi connectivity index (χ3v) is 3.56. The molecule has 3 aromatic rings. The van der Waals surface area contributed by atoms with E-state index < -0.39 is 0 Å². The van der Waals surface area contributed by atoms with Crippen LogP contribution < -0.4 is 10.6 Å². The Morgan fingerprint density at radius 3 is 2.67 bits per heavy atom. The summed E-state index contributed by atoms with van der Waals surface area (Å²) in [6.07, 6.45) is 5.61.